The van der Waals surface area contributed by atoms with Crippen molar-refractivity contribution in [3.05, 3.63) is 42.5 Å². The predicted octanol–water partition coefficient (Wildman–Crippen LogP) is 4.66. The van der Waals surface area contributed by atoms with Crippen molar-refractivity contribution in [3.63, 3.8) is 0 Å². The standard InChI is InChI=1S/C18H21O4PS/c1-12(2)9-16(17(19)20)18(21,23-22)11-24-15-8-7-13-5-3-4-6-14(13)10-15/h3-8,10,12,16,21H,9,11H2,1-2H3,(H,19,20). The molecule has 0 bridgehead atoms. The molecule has 2 N–H and O–H groups in total. The van der Waals surface area contributed by atoms with Crippen LogP contribution in [0.15, 0.2) is 47.4 Å². The van der Waals surface area contributed by atoms with Crippen LogP contribution < -0.4 is 0 Å². The third kappa shape index (κ3) is 4.56. The number of carbonyl (C=O) groups is 1. The van der Waals surface area contributed by atoms with Crippen molar-refractivity contribution in [3.8, 4) is 0 Å². The summed E-state index contributed by atoms with van der Waals surface area (Å²) in [5.74, 6) is -2.04. The molecular formula is C18H21O4PS. The first-order chi connectivity index (χ1) is 11.4. The number of benzene rings is 2. The summed E-state index contributed by atoms with van der Waals surface area (Å²) in [6.07, 6.45) is 0.277. The molecule has 0 aliphatic rings. The van der Waals surface area contributed by atoms with Gasteiger partial charge in [-0.1, -0.05) is 44.2 Å². The van der Waals surface area contributed by atoms with Gasteiger partial charge in [0, 0.05) is 10.6 Å². The highest BCUT2D eigenvalue weighted by atomic mass is 32.2. The highest BCUT2D eigenvalue weighted by molar-refractivity contribution is 7.99. The van der Waals surface area contributed by atoms with Crippen molar-refractivity contribution in [2.75, 3.05) is 5.75 Å². The first-order valence-corrected chi connectivity index (χ1v) is 9.57. The number of carboxylic acids is 1. The van der Waals surface area contributed by atoms with Crippen LogP contribution in [-0.4, -0.2) is 27.3 Å². The maximum absolute atomic E-state index is 11.6. The summed E-state index contributed by atoms with van der Waals surface area (Å²) in [7, 11) is -0.556. The van der Waals surface area contributed by atoms with E-state index in [1.54, 1.807) is 0 Å². The number of rotatable bonds is 8. The average Bonchev–Trinajstić information content (AvgIpc) is 2.57. The number of hydrogen-bond acceptors (Lipinski definition) is 4. The molecule has 4 nitrogen and oxygen atoms in total. The van der Waals surface area contributed by atoms with Crippen molar-refractivity contribution < 1.29 is 19.6 Å². The first kappa shape index (κ1) is 18.9. The van der Waals surface area contributed by atoms with Crippen LogP contribution >= 0.6 is 20.2 Å². The zero-order valence-corrected chi connectivity index (χ0v) is 15.4. The molecule has 0 radical (unpaired) electrons. The van der Waals surface area contributed by atoms with E-state index in [1.165, 1.54) is 11.8 Å². The lowest BCUT2D eigenvalue weighted by molar-refractivity contribution is -0.147. The van der Waals surface area contributed by atoms with Crippen LogP contribution in [0.25, 0.3) is 10.8 Å². The Hall–Kier alpha value is -1.42. The molecule has 0 spiro atoms. The zero-order valence-electron chi connectivity index (χ0n) is 13.7. The molecule has 2 aromatic carbocycles. The van der Waals surface area contributed by atoms with Crippen LogP contribution in [-0.2, 0) is 9.36 Å². The van der Waals surface area contributed by atoms with Gasteiger partial charge in [0.2, 0.25) is 0 Å². The van der Waals surface area contributed by atoms with E-state index in [0.717, 1.165) is 15.7 Å². The Labute approximate surface area is 147 Å². The molecule has 0 aliphatic heterocycles. The summed E-state index contributed by atoms with van der Waals surface area (Å²) in [6.45, 7) is 3.77. The van der Waals surface area contributed by atoms with Gasteiger partial charge in [0.05, 0.1) is 5.92 Å². The second kappa shape index (κ2) is 8.11. The summed E-state index contributed by atoms with van der Waals surface area (Å²) < 4.78 is 11.6. The molecule has 2 unspecified atom stereocenters. The molecule has 0 amide bonds. The van der Waals surface area contributed by atoms with Crippen molar-refractivity contribution in [1.82, 2.24) is 0 Å². The van der Waals surface area contributed by atoms with Gasteiger partial charge in [-0.15, -0.1) is 11.8 Å². The van der Waals surface area contributed by atoms with E-state index in [2.05, 4.69) is 0 Å². The maximum atomic E-state index is 11.6. The van der Waals surface area contributed by atoms with Crippen molar-refractivity contribution >= 4 is 37.0 Å². The first-order valence-electron chi connectivity index (χ1n) is 7.77. The highest BCUT2D eigenvalue weighted by Gasteiger charge is 2.43. The molecule has 2 rings (SSSR count). The van der Waals surface area contributed by atoms with Crippen LogP contribution in [0.4, 0.5) is 0 Å². The summed E-state index contributed by atoms with van der Waals surface area (Å²) in [5, 5.41) is 20.5. The summed E-state index contributed by atoms with van der Waals surface area (Å²) >= 11 is 1.32. The third-order valence-electron chi connectivity index (χ3n) is 3.89. The lowest BCUT2D eigenvalue weighted by Gasteiger charge is -2.28. The fourth-order valence-electron chi connectivity index (χ4n) is 2.60. The Kier molecular flexibility index (Phi) is 6.39. The maximum Gasteiger partial charge on any atom is 0.310 e. The van der Waals surface area contributed by atoms with Crippen LogP contribution in [0.3, 0.4) is 0 Å². The van der Waals surface area contributed by atoms with Gasteiger partial charge in [0.15, 0.2) is 13.8 Å². The van der Waals surface area contributed by atoms with Gasteiger partial charge in [0.25, 0.3) is 0 Å². The Bertz CT molecular complexity index is 734. The normalized spacial score (nSPS) is 15.5. The van der Waals surface area contributed by atoms with Crippen LogP contribution in [0.1, 0.15) is 20.3 Å². The van der Waals surface area contributed by atoms with Crippen LogP contribution in [0.5, 0.6) is 0 Å². The molecule has 0 aliphatic carbocycles. The Morgan fingerprint density at radius 3 is 2.46 bits per heavy atom. The van der Waals surface area contributed by atoms with E-state index >= 15 is 0 Å². The molecule has 2 aromatic rings. The van der Waals surface area contributed by atoms with Crippen LogP contribution in [0.2, 0.25) is 0 Å². The average molecular weight is 364 g/mol. The number of carboxylic acid groups (broad SMARTS) is 1. The number of aliphatic carboxylic acids is 1. The lowest BCUT2D eigenvalue weighted by atomic mass is 9.92. The molecular weight excluding hydrogens is 343 g/mol. The van der Waals surface area contributed by atoms with Gasteiger partial charge in [-0.05, 0) is 35.2 Å². The molecule has 0 saturated heterocycles. The number of thioether (sulfide) groups is 1. The summed E-state index contributed by atoms with van der Waals surface area (Å²) in [5.41, 5.74) is 0. The lowest BCUT2D eigenvalue weighted by Crippen LogP contribution is -2.40. The SMILES string of the molecule is CC(C)CC(C(=O)O)C(O)(CSc1ccc2ccccc2c1)P=O. The Morgan fingerprint density at radius 2 is 1.88 bits per heavy atom. The summed E-state index contributed by atoms with van der Waals surface area (Å²) in [4.78, 5) is 12.4. The van der Waals surface area contributed by atoms with Gasteiger partial charge in [-0.3, -0.25) is 9.36 Å². The molecule has 24 heavy (non-hydrogen) atoms. The monoisotopic (exact) mass is 364 g/mol. The second-order valence-electron chi connectivity index (χ2n) is 6.29. The summed E-state index contributed by atoms with van der Waals surface area (Å²) in [6, 6.07) is 13.8. The number of hydrogen-bond donors (Lipinski definition) is 2. The predicted molar refractivity (Wildman–Crippen MR) is 97.8 cm³/mol. The molecule has 0 aromatic heterocycles. The second-order valence-corrected chi connectivity index (χ2v) is 8.29. The van der Waals surface area contributed by atoms with Gasteiger partial charge in [-0.2, -0.15) is 0 Å². The zero-order chi connectivity index (χ0) is 17.7. The fraction of sp³-hybridized carbons (Fsp3) is 0.389. The van der Waals surface area contributed by atoms with Crippen molar-refractivity contribution in [2.24, 2.45) is 11.8 Å². The highest BCUT2D eigenvalue weighted by Crippen LogP contribution is 2.38. The Balaban J connectivity index is 2.18. The largest absolute Gasteiger partial charge is 0.481 e. The minimum atomic E-state index is -1.79. The quantitative estimate of drug-likeness (QED) is 0.526. The van der Waals surface area contributed by atoms with E-state index in [4.69, 9.17) is 0 Å². The van der Waals surface area contributed by atoms with Crippen LogP contribution in [0, 0.1) is 11.8 Å². The number of aliphatic hydroxyl groups is 1. The molecule has 2 atom stereocenters. The molecule has 0 saturated carbocycles. The minimum Gasteiger partial charge on any atom is -0.481 e. The molecule has 128 valence electrons. The number of fused-ring (bicyclic) bond motifs is 1. The van der Waals surface area contributed by atoms with Crippen molar-refractivity contribution in [1.29, 1.82) is 0 Å². The van der Waals surface area contributed by atoms with Gasteiger partial charge in [0.1, 0.15) is 0 Å². The molecule has 0 heterocycles. The minimum absolute atomic E-state index is 0.0556. The molecule has 6 heteroatoms. The van der Waals surface area contributed by atoms with E-state index in [-0.39, 0.29) is 18.1 Å². The third-order valence-corrected chi connectivity index (χ3v) is 6.07. The van der Waals surface area contributed by atoms with E-state index in [0.29, 0.717) is 0 Å². The topological polar surface area (TPSA) is 74.6 Å². The van der Waals surface area contributed by atoms with Gasteiger partial charge in [-0.25, -0.2) is 0 Å². The van der Waals surface area contributed by atoms with Crippen molar-refractivity contribution in [2.45, 2.75) is 30.5 Å². The van der Waals surface area contributed by atoms with Gasteiger partial charge >= 0.3 is 5.97 Å². The van der Waals surface area contributed by atoms with E-state index in [1.807, 2.05) is 56.3 Å². The smallest absolute Gasteiger partial charge is 0.310 e. The van der Waals surface area contributed by atoms with Gasteiger partial charge < -0.3 is 10.2 Å². The fourth-order valence-corrected chi connectivity index (χ4v) is 4.30. The Morgan fingerprint density at radius 1 is 1.21 bits per heavy atom. The van der Waals surface area contributed by atoms with E-state index < -0.39 is 25.7 Å². The molecule has 0 fully saturated rings. The van der Waals surface area contributed by atoms with E-state index in [9.17, 15) is 19.6 Å².